The number of benzene rings is 2. The second-order valence-electron chi connectivity index (χ2n) is 6.09. The van der Waals surface area contributed by atoms with Crippen molar-refractivity contribution in [2.75, 3.05) is 13.4 Å². The van der Waals surface area contributed by atoms with Crippen LogP contribution in [0.3, 0.4) is 0 Å². The summed E-state index contributed by atoms with van der Waals surface area (Å²) in [6.45, 7) is 1.21. The number of ether oxygens (including phenoxy) is 4. The van der Waals surface area contributed by atoms with Gasteiger partial charge in [0, 0.05) is 18.0 Å². The molecule has 0 aliphatic carbocycles. The maximum atomic E-state index is 12.0. The molecular weight excluding hydrogens is 406 g/mol. The third-order valence-electron chi connectivity index (χ3n) is 4.17. The number of halogens is 1. The van der Waals surface area contributed by atoms with Gasteiger partial charge in [-0.2, -0.15) is 5.01 Å². The molecule has 1 amide bonds. The molecule has 2 aliphatic heterocycles. The Hall–Kier alpha value is -3.53. The quantitative estimate of drug-likeness (QED) is 0.540. The first-order valence-electron chi connectivity index (χ1n) is 8.44. The Balaban J connectivity index is 1.59. The zero-order valence-corrected chi connectivity index (χ0v) is 15.8. The molecule has 0 saturated carbocycles. The first-order chi connectivity index (χ1) is 13.9. The largest absolute Gasteiger partial charge is 0.488 e. The minimum Gasteiger partial charge on any atom is -0.488 e. The fourth-order valence-electron chi connectivity index (χ4n) is 2.81. The van der Waals surface area contributed by atoms with Gasteiger partial charge >= 0.3 is 0 Å². The normalized spacial score (nSPS) is 17.0. The van der Waals surface area contributed by atoms with E-state index in [9.17, 15) is 14.9 Å². The SMILES string of the molecule is CC(=O)N1N=C(c2cc3c(cc2[N+](=O)[O-])OCO3)O[C@@H]1COc1ccc(Cl)cc1. The summed E-state index contributed by atoms with van der Waals surface area (Å²) >= 11 is 5.85. The minimum atomic E-state index is -0.900. The second-order valence-corrected chi connectivity index (χ2v) is 6.52. The summed E-state index contributed by atoms with van der Waals surface area (Å²) in [4.78, 5) is 22.9. The van der Waals surface area contributed by atoms with Gasteiger partial charge in [0.05, 0.1) is 11.0 Å². The smallest absolute Gasteiger partial charge is 0.286 e. The van der Waals surface area contributed by atoms with E-state index in [1.54, 1.807) is 24.3 Å². The van der Waals surface area contributed by atoms with E-state index in [2.05, 4.69) is 5.10 Å². The highest BCUT2D eigenvalue weighted by molar-refractivity contribution is 6.30. The predicted molar refractivity (Wildman–Crippen MR) is 100 cm³/mol. The van der Waals surface area contributed by atoms with Crippen LogP contribution in [0.15, 0.2) is 41.5 Å². The molecule has 1 atom stereocenters. The fourth-order valence-corrected chi connectivity index (χ4v) is 2.94. The average molecular weight is 420 g/mol. The van der Waals surface area contributed by atoms with Gasteiger partial charge in [0.1, 0.15) is 17.9 Å². The van der Waals surface area contributed by atoms with Crippen LogP contribution in [0.2, 0.25) is 5.02 Å². The van der Waals surface area contributed by atoms with Gasteiger partial charge in [-0.1, -0.05) is 11.6 Å². The number of nitro benzene ring substituents is 1. The van der Waals surface area contributed by atoms with Crippen LogP contribution in [0, 0.1) is 10.1 Å². The van der Waals surface area contributed by atoms with Gasteiger partial charge in [0.15, 0.2) is 11.5 Å². The summed E-state index contributed by atoms with van der Waals surface area (Å²) < 4.78 is 21.8. The van der Waals surface area contributed by atoms with E-state index in [1.165, 1.54) is 19.1 Å². The zero-order valence-electron chi connectivity index (χ0n) is 15.0. The van der Waals surface area contributed by atoms with Crippen LogP contribution in [0.5, 0.6) is 17.2 Å². The number of fused-ring (bicyclic) bond motifs is 1. The Bertz CT molecular complexity index is 1010. The molecule has 150 valence electrons. The van der Waals surface area contributed by atoms with Crippen LogP contribution in [0.4, 0.5) is 5.69 Å². The van der Waals surface area contributed by atoms with Crippen molar-refractivity contribution in [1.82, 2.24) is 5.01 Å². The number of rotatable bonds is 5. The summed E-state index contributed by atoms with van der Waals surface area (Å²) in [5, 5.41) is 17.2. The van der Waals surface area contributed by atoms with E-state index < -0.39 is 17.1 Å². The van der Waals surface area contributed by atoms with Gasteiger partial charge in [-0.15, -0.1) is 5.10 Å². The Morgan fingerprint density at radius 3 is 2.66 bits per heavy atom. The van der Waals surface area contributed by atoms with E-state index in [1.807, 2.05) is 0 Å². The maximum absolute atomic E-state index is 12.0. The molecular formula is C18H14ClN3O7. The number of carbonyl (C=O) groups excluding carboxylic acids is 1. The Labute approximate surface area is 169 Å². The summed E-state index contributed by atoms with van der Waals surface area (Å²) in [5.41, 5.74) is -0.213. The van der Waals surface area contributed by atoms with E-state index in [4.69, 9.17) is 30.5 Å². The Morgan fingerprint density at radius 1 is 1.31 bits per heavy atom. The highest BCUT2D eigenvalue weighted by Crippen LogP contribution is 2.39. The molecule has 11 heteroatoms. The minimum absolute atomic E-state index is 0.0413. The van der Waals surface area contributed by atoms with Crippen LogP contribution in [0.25, 0.3) is 0 Å². The van der Waals surface area contributed by atoms with Crippen LogP contribution in [-0.2, 0) is 9.53 Å². The molecule has 2 heterocycles. The van der Waals surface area contributed by atoms with Crippen molar-refractivity contribution in [2.45, 2.75) is 13.2 Å². The molecule has 2 aromatic rings. The van der Waals surface area contributed by atoms with Crippen molar-refractivity contribution in [3.8, 4) is 17.2 Å². The number of nitro groups is 1. The first-order valence-corrected chi connectivity index (χ1v) is 8.82. The number of carbonyl (C=O) groups is 1. The monoisotopic (exact) mass is 419 g/mol. The van der Waals surface area contributed by atoms with Gasteiger partial charge in [-0.3, -0.25) is 14.9 Å². The van der Waals surface area contributed by atoms with Crippen LogP contribution in [0.1, 0.15) is 12.5 Å². The van der Waals surface area contributed by atoms with E-state index in [0.717, 1.165) is 5.01 Å². The lowest BCUT2D eigenvalue weighted by Gasteiger charge is -2.19. The molecule has 2 aromatic carbocycles. The summed E-state index contributed by atoms with van der Waals surface area (Å²) in [6.07, 6.45) is -0.900. The molecule has 4 rings (SSSR count). The number of hydrazone groups is 1. The molecule has 0 spiro atoms. The third kappa shape index (κ3) is 3.74. The molecule has 0 saturated heterocycles. The van der Waals surface area contributed by atoms with Gasteiger partial charge in [-0.05, 0) is 24.3 Å². The molecule has 0 aromatic heterocycles. The molecule has 2 aliphatic rings. The molecule has 0 bridgehead atoms. The standard InChI is InChI=1S/C18H14ClN3O7/c1-10(23)21-17(8-26-12-4-2-11(19)3-5-12)29-18(20-21)13-6-15-16(28-9-27-15)7-14(13)22(24)25/h2-7,17H,8-9H2,1H3/t17-/m1/s1. The third-order valence-corrected chi connectivity index (χ3v) is 4.42. The summed E-state index contributed by atoms with van der Waals surface area (Å²) in [7, 11) is 0. The molecule has 0 radical (unpaired) electrons. The average Bonchev–Trinajstić information content (AvgIpc) is 3.33. The van der Waals surface area contributed by atoms with Gasteiger partial charge in [-0.25, -0.2) is 0 Å². The lowest BCUT2D eigenvalue weighted by atomic mass is 10.1. The van der Waals surface area contributed by atoms with E-state index in [-0.39, 0.29) is 36.3 Å². The first kappa shape index (κ1) is 18.8. The molecule has 29 heavy (non-hydrogen) atoms. The fraction of sp³-hybridized carbons (Fsp3) is 0.222. The van der Waals surface area contributed by atoms with Crippen molar-refractivity contribution >= 4 is 29.1 Å². The van der Waals surface area contributed by atoms with Crippen molar-refractivity contribution in [2.24, 2.45) is 5.10 Å². The number of amides is 1. The van der Waals surface area contributed by atoms with Crippen LogP contribution >= 0.6 is 11.6 Å². The maximum Gasteiger partial charge on any atom is 0.286 e. The Kier molecular flexibility index (Phi) is 4.85. The van der Waals surface area contributed by atoms with Crippen LogP contribution < -0.4 is 14.2 Å². The second kappa shape index (κ2) is 7.47. The molecule has 10 nitrogen and oxygen atoms in total. The lowest BCUT2D eigenvalue weighted by molar-refractivity contribution is -0.385. The highest BCUT2D eigenvalue weighted by atomic mass is 35.5. The number of hydrogen-bond acceptors (Lipinski definition) is 8. The highest BCUT2D eigenvalue weighted by Gasteiger charge is 2.36. The van der Waals surface area contributed by atoms with Gasteiger partial charge in [0.25, 0.3) is 5.69 Å². The number of hydrogen-bond donors (Lipinski definition) is 0. The zero-order chi connectivity index (χ0) is 20.5. The van der Waals surface area contributed by atoms with Crippen molar-refractivity contribution in [1.29, 1.82) is 0 Å². The summed E-state index contributed by atoms with van der Waals surface area (Å²) in [5.74, 6) is 0.601. The van der Waals surface area contributed by atoms with E-state index >= 15 is 0 Å². The number of nitrogens with zero attached hydrogens (tertiary/aromatic N) is 3. The Morgan fingerprint density at radius 2 is 2.00 bits per heavy atom. The van der Waals surface area contributed by atoms with Gasteiger partial charge < -0.3 is 18.9 Å². The van der Waals surface area contributed by atoms with Crippen LogP contribution in [-0.4, -0.2) is 41.4 Å². The van der Waals surface area contributed by atoms with Crippen molar-refractivity contribution in [3.05, 3.63) is 57.1 Å². The van der Waals surface area contributed by atoms with Crippen molar-refractivity contribution < 1.29 is 28.7 Å². The topological polar surface area (TPSA) is 113 Å². The molecule has 0 unspecified atom stereocenters. The van der Waals surface area contributed by atoms with E-state index in [0.29, 0.717) is 16.5 Å². The molecule has 0 N–H and O–H groups in total. The lowest BCUT2D eigenvalue weighted by Crippen LogP contribution is -2.36. The van der Waals surface area contributed by atoms with Gasteiger partial charge in [0.2, 0.25) is 24.8 Å². The summed E-state index contributed by atoms with van der Waals surface area (Å²) in [6, 6.07) is 9.29. The molecule has 0 fully saturated rings. The van der Waals surface area contributed by atoms with Crippen molar-refractivity contribution in [3.63, 3.8) is 0 Å². The predicted octanol–water partition coefficient (Wildman–Crippen LogP) is 2.92.